The van der Waals surface area contributed by atoms with E-state index >= 15 is 0 Å². The van der Waals surface area contributed by atoms with E-state index in [-0.39, 0.29) is 17.5 Å². The highest BCUT2D eigenvalue weighted by atomic mass is 16.5. The average Bonchev–Trinajstić information content (AvgIpc) is 2.97. The van der Waals surface area contributed by atoms with Crippen LogP contribution in [-0.2, 0) is 20.7 Å². The van der Waals surface area contributed by atoms with Gasteiger partial charge in [0.2, 0.25) is 0 Å². The van der Waals surface area contributed by atoms with Crippen molar-refractivity contribution in [2.45, 2.75) is 180 Å². The molecule has 0 radical (unpaired) electrons. The van der Waals surface area contributed by atoms with E-state index in [2.05, 4.69) is 41.5 Å². The van der Waals surface area contributed by atoms with E-state index in [1.807, 2.05) is 41.5 Å². The topological polar surface area (TPSA) is 61.8 Å². The van der Waals surface area contributed by atoms with Crippen molar-refractivity contribution in [3.05, 3.63) is 22.3 Å². The third-order valence-corrected chi connectivity index (χ3v) is 10.2. The molecule has 46 heavy (non-hydrogen) atoms. The maximum atomic E-state index is 13.4. The van der Waals surface area contributed by atoms with Crippen LogP contribution in [0.3, 0.4) is 0 Å². The van der Waals surface area contributed by atoms with Crippen LogP contribution < -0.4 is 9.47 Å². The second kappa shape index (κ2) is 18.5. The van der Waals surface area contributed by atoms with Crippen LogP contribution in [0, 0.1) is 49.4 Å². The Morgan fingerprint density at radius 3 is 1.80 bits per heavy atom. The van der Waals surface area contributed by atoms with Crippen molar-refractivity contribution in [3.8, 4) is 11.5 Å². The molecular formula is C41H72O5. The average molecular weight is 645 g/mol. The summed E-state index contributed by atoms with van der Waals surface area (Å²) in [5, 5.41) is 0. The molecule has 1 aromatic rings. The number of esters is 2. The van der Waals surface area contributed by atoms with Crippen LogP contribution in [0.15, 0.2) is 0 Å². The standard InChI is InChI=1S/C39H66O5.C2H6/c1-26(2)17-14-18-27(3)19-15-20-28(4)21-16-23-39(12)24-22-32-31(7)33(29(5)30(6)34(32)44-39)43-36(41)38(10,11)25-37(8,9)35(40)42-13;1-2/h26-28H,14-25H2,1-13H3;1-2H3/t27?,28?,39-;/m1./s1. The minimum atomic E-state index is -0.863. The van der Waals surface area contributed by atoms with Crippen LogP contribution in [0.5, 0.6) is 11.5 Å². The van der Waals surface area contributed by atoms with Crippen LogP contribution in [0.1, 0.15) is 169 Å². The molecule has 0 saturated carbocycles. The largest absolute Gasteiger partial charge is 0.487 e. The third-order valence-electron chi connectivity index (χ3n) is 10.2. The lowest BCUT2D eigenvalue weighted by Gasteiger charge is -2.38. The summed E-state index contributed by atoms with van der Waals surface area (Å²) in [4.78, 5) is 25.7. The monoisotopic (exact) mass is 645 g/mol. The summed E-state index contributed by atoms with van der Waals surface area (Å²) < 4.78 is 17.9. The van der Waals surface area contributed by atoms with Crippen molar-refractivity contribution in [1.29, 1.82) is 0 Å². The molecule has 1 heterocycles. The zero-order valence-electron chi connectivity index (χ0n) is 32.8. The third kappa shape index (κ3) is 12.2. The Labute approximate surface area is 284 Å². The molecule has 0 amide bonds. The van der Waals surface area contributed by atoms with Crippen molar-refractivity contribution in [2.24, 2.45) is 28.6 Å². The highest BCUT2D eigenvalue weighted by Crippen LogP contribution is 2.46. The minimum Gasteiger partial charge on any atom is -0.487 e. The number of fused-ring (bicyclic) bond motifs is 1. The van der Waals surface area contributed by atoms with E-state index in [0.717, 1.165) is 65.0 Å². The molecule has 1 aliphatic heterocycles. The number of rotatable bonds is 17. The Balaban J connectivity index is 0.00000518. The van der Waals surface area contributed by atoms with Gasteiger partial charge in [-0.25, -0.2) is 0 Å². The lowest BCUT2D eigenvalue weighted by atomic mass is 9.75. The van der Waals surface area contributed by atoms with Gasteiger partial charge in [-0.3, -0.25) is 9.59 Å². The Kier molecular flexibility index (Phi) is 16.9. The molecule has 266 valence electrons. The zero-order chi connectivity index (χ0) is 35.5. The minimum absolute atomic E-state index is 0.180. The fourth-order valence-electron chi connectivity index (χ4n) is 7.17. The molecule has 0 N–H and O–H groups in total. The Morgan fingerprint density at radius 1 is 0.783 bits per heavy atom. The van der Waals surface area contributed by atoms with Gasteiger partial charge in [-0.05, 0) is 122 Å². The van der Waals surface area contributed by atoms with Gasteiger partial charge in [0.15, 0.2) is 0 Å². The number of hydrogen-bond donors (Lipinski definition) is 0. The van der Waals surface area contributed by atoms with Gasteiger partial charge in [-0.15, -0.1) is 0 Å². The lowest BCUT2D eigenvalue weighted by Crippen LogP contribution is -2.38. The molecular weight excluding hydrogens is 572 g/mol. The van der Waals surface area contributed by atoms with Gasteiger partial charge in [0, 0.05) is 5.56 Å². The van der Waals surface area contributed by atoms with Crippen LogP contribution in [-0.4, -0.2) is 24.6 Å². The number of methoxy groups -OCH3 is 1. The number of benzene rings is 1. The molecule has 0 aromatic heterocycles. The summed E-state index contributed by atoms with van der Waals surface area (Å²) in [7, 11) is 1.38. The van der Waals surface area contributed by atoms with Gasteiger partial charge >= 0.3 is 11.9 Å². The van der Waals surface area contributed by atoms with E-state index in [1.165, 1.54) is 58.5 Å². The summed E-state index contributed by atoms with van der Waals surface area (Å²) in [6, 6.07) is 0. The normalized spacial score (nSPS) is 17.7. The first-order valence-electron chi connectivity index (χ1n) is 18.5. The maximum Gasteiger partial charge on any atom is 0.316 e. The van der Waals surface area contributed by atoms with Crippen LogP contribution in [0.2, 0.25) is 0 Å². The van der Waals surface area contributed by atoms with E-state index in [4.69, 9.17) is 14.2 Å². The van der Waals surface area contributed by atoms with Crippen LogP contribution in [0.4, 0.5) is 0 Å². The molecule has 0 spiro atoms. The smallest absolute Gasteiger partial charge is 0.316 e. The van der Waals surface area contributed by atoms with Crippen LogP contribution >= 0.6 is 0 Å². The van der Waals surface area contributed by atoms with E-state index in [9.17, 15) is 9.59 Å². The molecule has 0 fully saturated rings. The quantitative estimate of drug-likeness (QED) is 0.125. The first kappa shape index (κ1) is 42.0. The van der Waals surface area contributed by atoms with Crippen molar-refractivity contribution < 1.29 is 23.8 Å². The summed E-state index contributed by atoms with van der Waals surface area (Å²) in [5.74, 6) is 3.36. The number of ether oxygens (including phenoxy) is 3. The first-order valence-corrected chi connectivity index (χ1v) is 18.5. The predicted octanol–water partition coefficient (Wildman–Crippen LogP) is 11.7. The second-order valence-corrected chi connectivity index (χ2v) is 16.2. The van der Waals surface area contributed by atoms with Crippen molar-refractivity contribution >= 4 is 11.9 Å². The van der Waals surface area contributed by atoms with E-state index in [1.54, 1.807) is 13.8 Å². The Hall–Kier alpha value is -2.04. The lowest BCUT2D eigenvalue weighted by molar-refractivity contribution is -0.155. The SMILES string of the molecule is CC.COC(=O)C(C)(C)CC(C)(C)C(=O)Oc1c(C)c(C)c2c(c1C)CC[C@@](C)(CCCC(C)CCCC(C)CCCC(C)C)O2. The van der Waals surface area contributed by atoms with E-state index < -0.39 is 10.8 Å². The second-order valence-electron chi connectivity index (χ2n) is 16.2. The van der Waals surface area contributed by atoms with Crippen molar-refractivity contribution in [2.75, 3.05) is 7.11 Å². The fourth-order valence-corrected chi connectivity index (χ4v) is 7.17. The maximum absolute atomic E-state index is 13.4. The van der Waals surface area contributed by atoms with Crippen molar-refractivity contribution in [3.63, 3.8) is 0 Å². The van der Waals surface area contributed by atoms with Gasteiger partial charge in [0.05, 0.1) is 17.9 Å². The van der Waals surface area contributed by atoms with Crippen LogP contribution in [0.25, 0.3) is 0 Å². The summed E-state index contributed by atoms with van der Waals surface area (Å²) in [6.45, 7) is 29.2. The molecule has 1 aromatic carbocycles. The molecule has 0 saturated heterocycles. The summed E-state index contributed by atoms with van der Waals surface area (Å²) >= 11 is 0. The van der Waals surface area contributed by atoms with Gasteiger partial charge in [0.25, 0.3) is 0 Å². The van der Waals surface area contributed by atoms with Crippen molar-refractivity contribution in [1.82, 2.24) is 0 Å². The molecule has 0 aliphatic carbocycles. The summed E-state index contributed by atoms with van der Waals surface area (Å²) in [6.07, 6.45) is 13.8. The number of carbonyl (C=O) groups is 2. The highest BCUT2D eigenvalue weighted by Gasteiger charge is 2.42. The fraction of sp³-hybridized carbons (Fsp3) is 0.805. The zero-order valence-corrected chi connectivity index (χ0v) is 32.8. The van der Waals surface area contributed by atoms with E-state index in [0.29, 0.717) is 12.2 Å². The molecule has 3 atom stereocenters. The Morgan fingerprint density at radius 2 is 1.28 bits per heavy atom. The predicted molar refractivity (Wildman–Crippen MR) is 194 cm³/mol. The summed E-state index contributed by atoms with van der Waals surface area (Å²) in [5.41, 5.74) is 2.27. The van der Waals surface area contributed by atoms with Gasteiger partial charge in [-0.1, -0.05) is 86.5 Å². The Bertz CT molecular complexity index is 1110. The van der Waals surface area contributed by atoms with Gasteiger partial charge in [-0.2, -0.15) is 0 Å². The number of carbonyl (C=O) groups excluding carboxylic acids is 2. The highest BCUT2D eigenvalue weighted by molar-refractivity contribution is 5.82. The number of hydrogen-bond acceptors (Lipinski definition) is 5. The molecule has 5 heteroatoms. The molecule has 5 nitrogen and oxygen atoms in total. The van der Waals surface area contributed by atoms with Gasteiger partial charge in [0.1, 0.15) is 17.1 Å². The van der Waals surface area contributed by atoms with Gasteiger partial charge < -0.3 is 14.2 Å². The molecule has 2 unspecified atom stereocenters. The first-order chi connectivity index (χ1) is 21.3. The molecule has 2 rings (SSSR count). The molecule has 1 aliphatic rings. The molecule has 0 bridgehead atoms.